The zero-order chi connectivity index (χ0) is 14.8. The Bertz CT molecular complexity index is 759. The molecule has 0 aromatic carbocycles. The second-order valence-corrected chi connectivity index (χ2v) is 6.91. The molecule has 0 fully saturated rings. The molecule has 1 amide bonds. The van der Waals surface area contributed by atoms with Crippen molar-refractivity contribution in [2.45, 2.75) is 20.4 Å². The van der Waals surface area contributed by atoms with Crippen molar-refractivity contribution in [3.8, 4) is 10.7 Å². The lowest BCUT2D eigenvalue weighted by molar-refractivity contribution is 0.0946. The zero-order valence-corrected chi connectivity index (χ0v) is 13.2. The fourth-order valence-electron chi connectivity index (χ4n) is 1.94. The standard InChI is InChI=1S/C14H13N3O2S2/c1-8-6-10(9(2)21-8)14(18)15-7-12-16-13(17-19-12)11-4-3-5-20-11/h3-6H,7H2,1-2H3,(H,15,18). The van der Waals surface area contributed by atoms with Crippen molar-refractivity contribution >= 4 is 28.6 Å². The van der Waals surface area contributed by atoms with E-state index in [-0.39, 0.29) is 12.5 Å². The van der Waals surface area contributed by atoms with Gasteiger partial charge in [-0.15, -0.1) is 22.7 Å². The molecular formula is C14H13N3O2S2. The molecule has 0 unspecified atom stereocenters. The topological polar surface area (TPSA) is 68.0 Å². The normalized spacial score (nSPS) is 10.8. The minimum Gasteiger partial charge on any atom is -0.343 e. The molecule has 3 aromatic rings. The van der Waals surface area contributed by atoms with Gasteiger partial charge in [0, 0.05) is 9.75 Å². The van der Waals surface area contributed by atoms with E-state index >= 15 is 0 Å². The maximum Gasteiger partial charge on any atom is 0.252 e. The van der Waals surface area contributed by atoms with Gasteiger partial charge in [-0.3, -0.25) is 4.79 Å². The van der Waals surface area contributed by atoms with Crippen LogP contribution in [-0.4, -0.2) is 16.0 Å². The Morgan fingerprint density at radius 2 is 2.29 bits per heavy atom. The van der Waals surface area contributed by atoms with Crippen LogP contribution in [0.4, 0.5) is 0 Å². The van der Waals surface area contributed by atoms with Crippen molar-refractivity contribution in [1.29, 1.82) is 0 Å². The van der Waals surface area contributed by atoms with Crippen LogP contribution >= 0.6 is 22.7 Å². The number of nitrogens with zero attached hydrogens (tertiary/aromatic N) is 2. The number of rotatable bonds is 4. The van der Waals surface area contributed by atoms with Crippen LogP contribution in [0.1, 0.15) is 26.0 Å². The number of hydrogen-bond acceptors (Lipinski definition) is 6. The summed E-state index contributed by atoms with van der Waals surface area (Å²) in [5.41, 5.74) is 0.704. The van der Waals surface area contributed by atoms with Crippen molar-refractivity contribution in [2.24, 2.45) is 0 Å². The van der Waals surface area contributed by atoms with Gasteiger partial charge >= 0.3 is 0 Å². The molecule has 0 radical (unpaired) electrons. The van der Waals surface area contributed by atoms with Gasteiger partial charge in [0.15, 0.2) is 0 Å². The van der Waals surface area contributed by atoms with Crippen molar-refractivity contribution < 1.29 is 9.32 Å². The minimum atomic E-state index is -0.118. The summed E-state index contributed by atoms with van der Waals surface area (Å²) < 4.78 is 5.14. The lowest BCUT2D eigenvalue weighted by atomic mass is 10.2. The number of aromatic nitrogens is 2. The van der Waals surface area contributed by atoms with Crippen molar-refractivity contribution in [3.05, 3.63) is 44.8 Å². The summed E-state index contributed by atoms with van der Waals surface area (Å²) in [7, 11) is 0. The van der Waals surface area contributed by atoms with Crippen LogP contribution in [-0.2, 0) is 6.54 Å². The van der Waals surface area contributed by atoms with Crippen LogP contribution in [0.15, 0.2) is 28.1 Å². The molecule has 3 aromatic heterocycles. The quantitative estimate of drug-likeness (QED) is 0.800. The molecule has 7 heteroatoms. The first-order chi connectivity index (χ1) is 10.1. The van der Waals surface area contributed by atoms with E-state index in [0.717, 1.165) is 14.6 Å². The van der Waals surface area contributed by atoms with Crippen molar-refractivity contribution in [1.82, 2.24) is 15.5 Å². The van der Waals surface area contributed by atoms with E-state index in [0.29, 0.717) is 17.3 Å². The van der Waals surface area contributed by atoms with Crippen molar-refractivity contribution in [2.75, 3.05) is 0 Å². The number of nitrogens with one attached hydrogen (secondary N) is 1. The summed E-state index contributed by atoms with van der Waals surface area (Å²) in [6.07, 6.45) is 0. The third kappa shape index (κ3) is 3.03. The fraction of sp³-hybridized carbons (Fsp3) is 0.214. The van der Waals surface area contributed by atoms with Gasteiger partial charge in [0.1, 0.15) is 0 Å². The second kappa shape index (κ2) is 5.79. The largest absolute Gasteiger partial charge is 0.343 e. The maximum atomic E-state index is 12.1. The molecule has 0 spiro atoms. The van der Waals surface area contributed by atoms with Gasteiger partial charge in [-0.05, 0) is 31.4 Å². The number of thiophene rings is 2. The lowest BCUT2D eigenvalue weighted by Crippen LogP contribution is -2.23. The van der Waals surface area contributed by atoms with Crippen LogP contribution in [0, 0.1) is 13.8 Å². The molecule has 1 N–H and O–H groups in total. The van der Waals surface area contributed by atoms with Crippen LogP contribution in [0.3, 0.4) is 0 Å². The Balaban J connectivity index is 1.65. The Morgan fingerprint density at radius 1 is 1.43 bits per heavy atom. The molecular weight excluding hydrogens is 306 g/mol. The van der Waals surface area contributed by atoms with Gasteiger partial charge in [0.05, 0.1) is 17.0 Å². The van der Waals surface area contributed by atoms with Crippen LogP contribution in [0.2, 0.25) is 0 Å². The summed E-state index contributed by atoms with van der Waals surface area (Å²) in [6, 6.07) is 5.75. The monoisotopic (exact) mass is 319 g/mol. The highest BCUT2D eigenvalue weighted by Crippen LogP contribution is 2.22. The Labute approximate surface area is 129 Å². The number of carbonyl (C=O) groups is 1. The lowest BCUT2D eigenvalue weighted by Gasteiger charge is -2.00. The highest BCUT2D eigenvalue weighted by molar-refractivity contribution is 7.13. The van der Waals surface area contributed by atoms with Crippen LogP contribution in [0.5, 0.6) is 0 Å². The number of hydrogen-bond donors (Lipinski definition) is 1. The van der Waals surface area contributed by atoms with Gasteiger partial charge in [-0.1, -0.05) is 11.2 Å². The van der Waals surface area contributed by atoms with E-state index in [4.69, 9.17) is 4.52 Å². The number of amides is 1. The highest BCUT2D eigenvalue weighted by atomic mass is 32.1. The van der Waals surface area contributed by atoms with Gasteiger partial charge in [-0.2, -0.15) is 4.98 Å². The first-order valence-corrected chi connectivity index (χ1v) is 8.05. The molecule has 21 heavy (non-hydrogen) atoms. The van der Waals surface area contributed by atoms with Gasteiger partial charge < -0.3 is 9.84 Å². The fourth-order valence-corrected chi connectivity index (χ4v) is 3.51. The molecule has 3 heterocycles. The Hall–Kier alpha value is -1.99. The number of carbonyl (C=O) groups excluding carboxylic acids is 1. The SMILES string of the molecule is Cc1cc(C(=O)NCc2nc(-c3cccs3)no2)c(C)s1. The molecule has 0 saturated carbocycles. The van der Waals surface area contributed by atoms with Gasteiger partial charge in [-0.25, -0.2) is 0 Å². The van der Waals surface area contributed by atoms with Crippen LogP contribution in [0.25, 0.3) is 10.7 Å². The summed E-state index contributed by atoms with van der Waals surface area (Å²) in [4.78, 5) is 19.4. The molecule has 0 aliphatic heterocycles. The predicted octanol–water partition coefficient (Wildman–Crippen LogP) is 3.41. The highest BCUT2D eigenvalue weighted by Gasteiger charge is 2.14. The summed E-state index contributed by atoms with van der Waals surface area (Å²) in [6.45, 7) is 4.15. The van der Waals surface area contributed by atoms with E-state index in [1.54, 1.807) is 22.7 Å². The molecule has 0 bridgehead atoms. The molecule has 0 aliphatic rings. The van der Waals surface area contributed by atoms with Gasteiger partial charge in [0.25, 0.3) is 5.91 Å². The molecule has 0 aliphatic carbocycles. The predicted molar refractivity (Wildman–Crippen MR) is 82.6 cm³/mol. The van der Waals surface area contributed by atoms with E-state index in [2.05, 4.69) is 15.5 Å². The second-order valence-electron chi connectivity index (χ2n) is 4.50. The van der Waals surface area contributed by atoms with E-state index in [9.17, 15) is 4.79 Å². The Kier molecular flexibility index (Phi) is 3.85. The third-order valence-electron chi connectivity index (χ3n) is 2.90. The molecule has 0 atom stereocenters. The molecule has 108 valence electrons. The maximum absolute atomic E-state index is 12.1. The third-order valence-corrected chi connectivity index (χ3v) is 4.73. The van der Waals surface area contributed by atoms with Crippen LogP contribution < -0.4 is 5.32 Å². The average molecular weight is 319 g/mol. The molecule has 3 rings (SSSR count). The molecule has 5 nitrogen and oxygen atoms in total. The number of aryl methyl sites for hydroxylation is 2. The summed E-state index contributed by atoms with van der Waals surface area (Å²) in [5.74, 6) is 0.834. The van der Waals surface area contributed by atoms with E-state index < -0.39 is 0 Å². The van der Waals surface area contributed by atoms with E-state index in [1.807, 2.05) is 37.4 Å². The summed E-state index contributed by atoms with van der Waals surface area (Å²) in [5, 5.41) is 8.66. The first kappa shape index (κ1) is 14.0. The minimum absolute atomic E-state index is 0.118. The smallest absolute Gasteiger partial charge is 0.252 e. The zero-order valence-electron chi connectivity index (χ0n) is 11.5. The van der Waals surface area contributed by atoms with Gasteiger partial charge in [0.2, 0.25) is 11.7 Å². The molecule has 0 saturated heterocycles. The first-order valence-electron chi connectivity index (χ1n) is 6.35. The summed E-state index contributed by atoms with van der Waals surface area (Å²) >= 11 is 3.16. The van der Waals surface area contributed by atoms with E-state index in [1.165, 1.54) is 0 Å². The average Bonchev–Trinajstić information content (AvgIpc) is 3.15. The van der Waals surface area contributed by atoms with Crippen molar-refractivity contribution in [3.63, 3.8) is 0 Å². The Morgan fingerprint density at radius 3 is 2.95 bits per heavy atom.